The van der Waals surface area contributed by atoms with E-state index in [1.54, 1.807) is 4.90 Å². The second-order valence-corrected chi connectivity index (χ2v) is 11.8. The van der Waals surface area contributed by atoms with Crippen LogP contribution in [-0.2, 0) is 20.9 Å². The lowest BCUT2D eigenvalue weighted by atomic mass is 9.84. The summed E-state index contributed by atoms with van der Waals surface area (Å²) >= 11 is 0. The molecule has 2 aliphatic rings. The summed E-state index contributed by atoms with van der Waals surface area (Å²) in [5.74, 6) is -1.93. The molecule has 1 heterocycles. The molecule has 3 rings (SSSR count). The first-order valence-electron chi connectivity index (χ1n) is 13.6. The van der Waals surface area contributed by atoms with Crippen LogP contribution >= 0.6 is 0 Å². The van der Waals surface area contributed by atoms with Gasteiger partial charge in [-0.3, -0.25) is 19.6 Å². The highest BCUT2D eigenvalue weighted by Crippen LogP contribution is 2.31. The number of amides is 3. The molecule has 1 saturated heterocycles. The number of carbonyl (C=O) groups is 3. The Hall–Kier alpha value is -2.59. The van der Waals surface area contributed by atoms with Crippen LogP contribution in [-0.4, -0.2) is 65.1 Å². The van der Waals surface area contributed by atoms with E-state index in [1.165, 1.54) is 12.1 Å². The van der Waals surface area contributed by atoms with Gasteiger partial charge in [0.15, 0.2) is 0 Å². The maximum absolute atomic E-state index is 13.9. The van der Waals surface area contributed by atoms with Gasteiger partial charge >= 0.3 is 0 Å². The van der Waals surface area contributed by atoms with Crippen molar-refractivity contribution in [2.75, 3.05) is 19.6 Å². The molecule has 0 bridgehead atoms. The summed E-state index contributed by atoms with van der Waals surface area (Å²) < 4.78 is 27.1. The van der Waals surface area contributed by atoms with E-state index in [2.05, 4.69) is 10.6 Å². The summed E-state index contributed by atoms with van der Waals surface area (Å²) in [6.07, 6.45) is 6.47. The van der Waals surface area contributed by atoms with Crippen LogP contribution in [0.1, 0.15) is 71.3 Å². The van der Waals surface area contributed by atoms with Crippen LogP contribution in [0.2, 0.25) is 0 Å². The lowest BCUT2D eigenvalue weighted by Crippen LogP contribution is -2.58. The molecular formula is C28H42F2N4O4. The minimum atomic E-state index is -0.762. The zero-order chi connectivity index (χ0) is 27.9. The Morgan fingerprint density at radius 1 is 1.16 bits per heavy atom. The van der Waals surface area contributed by atoms with E-state index in [-0.39, 0.29) is 30.9 Å². The molecule has 3 amide bonds. The fourth-order valence-corrected chi connectivity index (χ4v) is 5.50. The van der Waals surface area contributed by atoms with E-state index in [1.807, 2.05) is 20.8 Å². The number of benzene rings is 1. The van der Waals surface area contributed by atoms with Gasteiger partial charge in [-0.2, -0.15) is 0 Å². The quantitative estimate of drug-likeness (QED) is 0.228. The van der Waals surface area contributed by atoms with Crippen molar-refractivity contribution in [2.24, 2.45) is 17.3 Å². The number of piperidine rings is 1. The predicted octanol–water partition coefficient (Wildman–Crippen LogP) is 3.62. The van der Waals surface area contributed by atoms with Crippen molar-refractivity contribution in [1.29, 1.82) is 0 Å². The molecule has 212 valence electrons. The van der Waals surface area contributed by atoms with E-state index in [4.69, 9.17) is 0 Å². The van der Waals surface area contributed by atoms with Gasteiger partial charge in [-0.25, -0.2) is 13.8 Å². The second-order valence-electron chi connectivity index (χ2n) is 11.8. The van der Waals surface area contributed by atoms with E-state index >= 15 is 0 Å². The number of hydrogen-bond donors (Lipinski definition) is 3. The maximum Gasteiger partial charge on any atom is 0.245 e. The minimum absolute atomic E-state index is 0.0841. The van der Waals surface area contributed by atoms with Crippen LogP contribution in [0.3, 0.4) is 0 Å². The Labute approximate surface area is 224 Å². The van der Waals surface area contributed by atoms with Crippen molar-refractivity contribution in [3.8, 4) is 0 Å². The standard InChI is InChI=1S/C28H42F2N4O4/c1-28(2,3)25(32-26(36)21(17-34(38)18-35)14-19-6-4-5-7-19)27(37)33-12-10-23(11-13-33)31-16-20-8-9-22(29)15-24(20)30/h8-9,15,18-19,21,23,25,31,38H,4-7,10-14,16-17H2,1-3H3,(H,32,36)/t21-,25-/m1/s1. The molecule has 0 aromatic heterocycles. The lowest BCUT2D eigenvalue weighted by Gasteiger charge is -2.39. The van der Waals surface area contributed by atoms with Gasteiger partial charge in [-0.05, 0) is 36.7 Å². The number of halogens is 2. The molecule has 1 saturated carbocycles. The summed E-state index contributed by atoms with van der Waals surface area (Å²) in [5, 5.41) is 16.5. The summed E-state index contributed by atoms with van der Waals surface area (Å²) in [6.45, 7) is 6.85. The number of carbonyl (C=O) groups excluding carboxylic acids is 3. The summed E-state index contributed by atoms with van der Waals surface area (Å²) in [5.41, 5.74) is -0.160. The highest BCUT2D eigenvalue weighted by atomic mass is 19.1. The van der Waals surface area contributed by atoms with Gasteiger partial charge in [-0.15, -0.1) is 0 Å². The van der Waals surface area contributed by atoms with E-state index in [0.717, 1.165) is 31.7 Å². The largest absolute Gasteiger partial charge is 0.344 e. The van der Waals surface area contributed by atoms with Gasteiger partial charge in [0.2, 0.25) is 18.2 Å². The summed E-state index contributed by atoms with van der Waals surface area (Å²) in [4.78, 5) is 39.7. The van der Waals surface area contributed by atoms with Crippen molar-refractivity contribution in [2.45, 2.75) is 84.3 Å². The van der Waals surface area contributed by atoms with Crippen LogP contribution in [0, 0.1) is 28.9 Å². The fourth-order valence-electron chi connectivity index (χ4n) is 5.50. The molecule has 38 heavy (non-hydrogen) atoms. The van der Waals surface area contributed by atoms with E-state index < -0.39 is 29.0 Å². The Kier molecular flexibility index (Phi) is 10.6. The van der Waals surface area contributed by atoms with Gasteiger partial charge in [0.25, 0.3) is 0 Å². The Balaban J connectivity index is 1.58. The molecule has 0 spiro atoms. The normalized spacial score (nSPS) is 18.7. The third-order valence-corrected chi connectivity index (χ3v) is 7.80. The first-order chi connectivity index (χ1) is 18.0. The van der Waals surface area contributed by atoms with E-state index in [0.29, 0.717) is 55.3 Å². The van der Waals surface area contributed by atoms with Crippen molar-refractivity contribution in [3.63, 3.8) is 0 Å². The van der Waals surface area contributed by atoms with Gasteiger partial charge in [0.05, 0.1) is 12.5 Å². The summed E-state index contributed by atoms with van der Waals surface area (Å²) in [6, 6.07) is 2.85. The van der Waals surface area contributed by atoms with Crippen molar-refractivity contribution < 1.29 is 28.4 Å². The third kappa shape index (κ3) is 8.46. The highest BCUT2D eigenvalue weighted by molar-refractivity contribution is 5.89. The predicted molar refractivity (Wildman–Crippen MR) is 139 cm³/mol. The molecule has 10 heteroatoms. The topological polar surface area (TPSA) is 102 Å². The number of likely N-dealkylation sites (tertiary alicyclic amines) is 1. The van der Waals surface area contributed by atoms with Crippen molar-refractivity contribution in [3.05, 3.63) is 35.4 Å². The maximum atomic E-state index is 13.9. The molecule has 1 aliphatic heterocycles. The zero-order valence-electron chi connectivity index (χ0n) is 22.7. The average Bonchev–Trinajstić information content (AvgIpc) is 3.38. The van der Waals surface area contributed by atoms with E-state index in [9.17, 15) is 28.4 Å². The van der Waals surface area contributed by atoms with Crippen LogP contribution in [0.15, 0.2) is 18.2 Å². The zero-order valence-corrected chi connectivity index (χ0v) is 22.7. The fraction of sp³-hybridized carbons (Fsp3) is 0.679. The average molecular weight is 537 g/mol. The minimum Gasteiger partial charge on any atom is -0.344 e. The molecule has 1 aliphatic carbocycles. The molecule has 2 fully saturated rings. The van der Waals surface area contributed by atoms with Gasteiger partial charge in [0.1, 0.15) is 17.7 Å². The highest BCUT2D eigenvalue weighted by Gasteiger charge is 2.38. The van der Waals surface area contributed by atoms with Crippen LogP contribution < -0.4 is 10.6 Å². The monoisotopic (exact) mass is 536 g/mol. The number of rotatable bonds is 11. The molecule has 2 atom stereocenters. The molecule has 1 aromatic carbocycles. The number of nitrogens with zero attached hydrogens (tertiary/aromatic N) is 2. The van der Waals surface area contributed by atoms with Gasteiger partial charge in [-0.1, -0.05) is 52.5 Å². The first kappa shape index (κ1) is 30.0. The first-order valence-corrected chi connectivity index (χ1v) is 13.6. The SMILES string of the molecule is CC(C)(C)[C@H](NC(=O)[C@H](CC1CCCC1)CN(O)C=O)C(=O)N1CCC(NCc2ccc(F)cc2F)CC1. The molecule has 8 nitrogen and oxygen atoms in total. The van der Waals surface area contributed by atoms with Gasteiger partial charge < -0.3 is 15.5 Å². The Morgan fingerprint density at radius 2 is 1.82 bits per heavy atom. The molecule has 3 N–H and O–H groups in total. The van der Waals surface area contributed by atoms with Crippen LogP contribution in [0.4, 0.5) is 8.78 Å². The third-order valence-electron chi connectivity index (χ3n) is 7.80. The molecular weight excluding hydrogens is 494 g/mol. The molecule has 1 aromatic rings. The van der Waals surface area contributed by atoms with Crippen molar-refractivity contribution >= 4 is 18.2 Å². The number of nitrogens with one attached hydrogen (secondary N) is 2. The lowest BCUT2D eigenvalue weighted by molar-refractivity contribution is -0.156. The van der Waals surface area contributed by atoms with Crippen LogP contribution in [0.5, 0.6) is 0 Å². The Bertz CT molecular complexity index is 957. The number of hydrogen-bond acceptors (Lipinski definition) is 5. The Morgan fingerprint density at radius 3 is 2.39 bits per heavy atom. The molecule has 0 unspecified atom stereocenters. The van der Waals surface area contributed by atoms with Crippen molar-refractivity contribution in [1.82, 2.24) is 20.6 Å². The van der Waals surface area contributed by atoms with Crippen LogP contribution in [0.25, 0.3) is 0 Å². The second kappa shape index (κ2) is 13.5. The summed E-state index contributed by atoms with van der Waals surface area (Å²) in [7, 11) is 0. The molecule has 0 radical (unpaired) electrons. The smallest absolute Gasteiger partial charge is 0.245 e. The van der Waals surface area contributed by atoms with Gasteiger partial charge in [0, 0.05) is 37.3 Å². The number of hydroxylamine groups is 2.